The quantitative estimate of drug-likeness (QED) is 0.915. The molecule has 108 valence electrons. The first-order chi connectivity index (χ1) is 10.1. The van der Waals surface area contributed by atoms with Gasteiger partial charge in [0.25, 0.3) is 0 Å². The molecule has 1 amide bonds. The van der Waals surface area contributed by atoms with Gasteiger partial charge in [-0.2, -0.15) is 0 Å². The Balaban J connectivity index is 1.74. The molecular weight excluding hydrogens is 286 g/mol. The van der Waals surface area contributed by atoms with Crippen molar-refractivity contribution in [1.82, 2.24) is 0 Å². The lowest BCUT2D eigenvalue weighted by atomic mass is 9.96. The second kappa shape index (κ2) is 5.78. The molecule has 0 saturated carbocycles. The van der Waals surface area contributed by atoms with Gasteiger partial charge in [0.05, 0.1) is 5.92 Å². The number of hydrogen-bond donors (Lipinski definition) is 1. The Kier molecular flexibility index (Phi) is 3.84. The van der Waals surface area contributed by atoms with Crippen LogP contribution in [0.4, 0.5) is 5.69 Å². The highest BCUT2D eigenvalue weighted by Gasteiger charge is 2.26. The van der Waals surface area contributed by atoms with E-state index in [0.717, 1.165) is 22.6 Å². The zero-order valence-electron chi connectivity index (χ0n) is 11.7. The van der Waals surface area contributed by atoms with Gasteiger partial charge in [0.2, 0.25) is 5.91 Å². The summed E-state index contributed by atoms with van der Waals surface area (Å²) in [5, 5.41) is 3.64. The molecule has 1 atom stereocenters. The average Bonchev–Trinajstić information content (AvgIpc) is 2.48. The van der Waals surface area contributed by atoms with Crippen LogP contribution in [0.25, 0.3) is 0 Å². The van der Waals surface area contributed by atoms with Crippen LogP contribution >= 0.6 is 11.6 Å². The lowest BCUT2D eigenvalue weighted by Gasteiger charge is -2.25. The molecule has 2 aromatic rings. The molecule has 4 heteroatoms. The van der Waals surface area contributed by atoms with Crippen LogP contribution in [-0.4, -0.2) is 12.5 Å². The van der Waals surface area contributed by atoms with Crippen molar-refractivity contribution in [3.8, 4) is 5.75 Å². The largest absolute Gasteiger partial charge is 0.492 e. The van der Waals surface area contributed by atoms with Crippen LogP contribution in [0.5, 0.6) is 5.75 Å². The highest BCUT2D eigenvalue weighted by atomic mass is 35.5. The molecule has 1 heterocycles. The van der Waals surface area contributed by atoms with Gasteiger partial charge in [-0.1, -0.05) is 29.8 Å². The molecule has 0 spiro atoms. The Bertz CT molecular complexity index is 684. The Morgan fingerprint density at radius 1 is 1.29 bits per heavy atom. The fourth-order valence-corrected chi connectivity index (χ4v) is 2.67. The Labute approximate surface area is 128 Å². The van der Waals surface area contributed by atoms with E-state index in [2.05, 4.69) is 5.32 Å². The maximum atomic E-state index is 12.4. The van der Waals surface area contributed by atoms with Crippen LogP contribution in [0.1, 0.15) is 11.1 Å². The number of aryl methyl sites for hydroxylation is 1. The van der Waals surface area contributed by atoms with Gasteiger partial charge >= 0.3 is 0 Å². The average molecular weight is 302 g/mol. The molecule has 0 bridgehead atoms. The number of nitrogens with one attached hydrogen (secondary N) is 1. The molecule has 0 unspecified atom stereocenters. The summed E-state index contributed by atoms with van der Waals surface area (Å²) in [6.45, 7) is 2.37. The molecule has 0 saturated heterocycles. The number of ether oxygens (including phenoxy) is 1. The van der Waals surface area contributed by atoms with Crippen LogP contribution in [0.15, 0.2) is 42.5 Å². The molecule has 0 fully saturated rings. The third-order valence-corrected chi connectivity index (χ3v) is 3.94. The van der Waals surface area contributed by atoms with Gasteiger partial charge in [0.15, 0.2) is 0 Å². The maximum absolute atomic E-state index is 12.4. The van der Waals surface area contributed by atoms with Crippen molar-refractivity contribution in [2.75, 3.05) is 11.9 Å². The molecule has 1 aliphatic heterocycles. The van der Waals surface area contributed by atoms with E-state index in [0.29, 0.717) is 18.1 Å². The second-order valence-electron chi connectivity index (χ2n) is 5.27. The van der Waals surface area contributed by atoms with Crippen molar-refractivity contribution in [3.63, 3.8) is 0 Å². The van der Waals surface area contributed by atoms with Crippen molar-refractivity contribution < 1.29 is 9.53 Å². The maximum Gasteiger partial charge on any atom is 0.231 e. The summed E-state index contributed by atoms with van der Waals surface area (Å²) in [4.78, 5) is 12.4. The van der Waals surface area contributed by atoms with Gasteiger partial charge in [0, 0.05) is 10.7 Å². The van der Waals surface area contributed by atoms with E-state index in [-0.39, 0.29) is 11.8 Å². The van der Waals surface area contributed by atoms with Crippen LogP contribution in [-0.2, 0) is 11.2 Å². The molecule has 1 N–H and O–H groups in total. The summed E-state index contributed by atoms with van der Waals surface area (Å²) in [6.07, 6.45) is 0.646. The number of rotatable bonds is 2. The van der Waals surface area contributed by atoms with Gasteiger partial charge in [-0.3, -0.25) is 4.79 Å². The minimum absolute atomic E-state index is 0.0186. The van der Waals surface area contributed by atoms with Crippen molar-refractivity contribution in [3.05, 3.63) is 58.6 Å². The van der Waals surface area contributed by atoms with E-state index in [1.807, 2.05) is 43.3 Å². The zero-order chi connectivity index (χ0) is 14.8. The number of fused-ring (bicyclic) bond motifs is 1. The lowest BCUT2D eigenvalue weighted by molar-refractivity contribution is -0.121. The number of anilines is 1. The molecule has 0 aromatic heterocycles. The topological polar surface area (TPSA) is 38.3 Å². The lowest BCUT2D eigenvalue weighted by Crippen LogP contribution is -2.32. The van der Waals surface area contributed by atoms with Crippen LogP contribution in [0.2, 0.25) is 5.02 Å². The van der Waals surface area contributed by atoms with Gasteiger partial charge < -0.3 is 10.1 Å². The van der Waals surface area contributed by atoms with Gasteiger partial charge in [-0.25, -0.2) is 0 Å². The summed E-state index contributed by atoms with van der Waals surface area (Å²) in [5.74, 6) is 0.602. The predicted octanol–water partition coefficient (Wildman–Crippen LogP) is 3.84. The van der Waals surface area contributed by atoms with E-state index < -0.39 is 0 Å². The molecule has 0 aliphatic carbocycles. The molecule has 0 radical (unpaired) electrons. The minimum Gasteiger partial charge on any atom is -0.492 e. The minimum atomic E-state index is -0.199. The number of amides is 1. The molecule has 21 heavy (non-hydrogen) atoms. The predicted molar refractivity (Wildman–Crippen MR) is 83.9 cm³/mol. The molecule has 1 aliphatic rings. The van der Waals surface area contributed by atoms with Gasteiger partial charge in [-0.05, 0) is 48.7 Å². The number of carbonyl (C=O) groups excluding carboxylic acids is 1. The summed E-state index contributed by atoms with van der Waals surface area (Å²) in [7, 11) is 0. The van der Waals surface area contributed by atoms with Crippen molar-refractivity contribution in [2.45, 2.75) is 13.3 Å². The third-order valence-electron chi connectivity index (χ3n) is 3.70. The Hall–Kier alpha value is -2.00. The fourth-order valence-electron chi connectivity index (χ4n) is 2.48. The Morgan fingerprint density at radius 3 is 2.90 bits per heavy atom. The first-order valence-electron chi connectivity index (χ1n) is 6.91. The number of para-hydroxylation sites is 1. The van der Waals surface area contributed by atoms with E-state index in [1.54, 1.807) is 6.07 Å². The summed E-state index contributed by atoms with van der Waals surface area (Å²) in [6, 6.07) is 13.3. The molecule has 2 aromatic carbocycles. The zero-order valence-corrected chi connectivity index (χ0v) is 12.5. The molecular formula is C17H16ClNO2. The summed E-state index contributed by atoms with van der Waals surface area (Å²) >= 11 is 6.00. The van der Waals surface area contributed by atoms with Crippen LogP contribution in [0.3, 0.4) is 0 Å². The van der Waals surface area contributed by atoms with Crippen molar-refractivity contribution in [2.24, 2.45) is 5.92 Å². The van der Waals surface area contributed by atoms with E-state index >= 15 is 0 Å². The SMILES string of the molecule is Cc1ccccc1NC(=O)[C@@H]1COc2ccc(Cl)cc2C1. The van der Waals surface area contributed by atoms with Gasteiger partial charge in [-0.15, -0.1) is 0 Å². The first-order valence-corrected chi connectivity index (χ1v) is 7.29. The second-order valence-corrected chi connectivity index (χ2v) is 5.70. The summed E-state index contributed by atoms with van der Waals surface area (Å²) < 4.78 is 5.66. The number of hydrogen-bond acceptors (Lipinski definition) is 2. The normalized spacial score (nSPS) is 16.8. The van der Waals surface area contributed by atoms with E-state index in [9.17, 15) is 4.79 Å². The number of carbonyl (C=O) groups is 1. The standard InChI is InChI=1S/C17H16ClNO2/c1-11-4-2-3-5-15(11)19-17(20)13-8-12-9-14(18)6-7-16(12)21-10-13/h2-7,9,13H,8,10H2,1H3,(H,19,20)/t13-/m0/s1. The molecule has 3 rings (SSSR count). The number of halogens is 1. The highest BCUT2D eigenvalue weighted by molar-refractivity contribution is 6.30. The third kappa shape index (κ3) is 3.03. The molecule has 3 nitrogen and oxygen atoms in total. The smallest absolute Gasteiger partial charge is 0.231 e. The highest BCUT2D eigenvalue weighted by Crippen LogP contribution is 2.30. The van der Waals surface area contributed by atoms with Crippen molar-refractivity contribution in [1.29, 1.82) is 0 Å². The van der Waals surface area contributed by atoms with Crippen LogP contribution in [0, 0.1) is 12.8 Å². The van der Waals surface area contributed by atoms with Gasteiger partial charge in [0.1, 0.15) is 12.4 Å². The summed E-state index contributed by atoms with van der Waals surface area (Å²) in [5.41, 5.74) is 2.88. The van der Waals surface area contributed by atoms with E-state index in [4.69, 9.17) is 16.3 Å². The number of benzene rings is 2. The van der Waals surface area contributed by atoms with Crippen LogP contribution < -0.4 is 10.1 Å². The monoisotopic (exact) mass is 301 g/mol. The van der Waals surface area contributed by atoms with Crippen molar-refractivity contribution >= 4 is 23.2 Å². The first kappa shape index (κ1) is 14.0. The van der Waals surface area contributed by atoms with E-state index in [1.165, 1.54) is 0 Å². The Morgan fingerprint density at radius 2 is 2.10 bits per heavy atom. The fraction of sp³-hybridized carbons (Fsp3) is 0.235.